The third-order valence-corrected chi connectivity index (χ3v) is 6.54. The maximum Gasteiger partial charge on any atom is 0.254 e. The highest BCUT2D eigenvalue weighted by molar-refractivity contribution is 6.00. The van der Waals surface area contributed by atoms with Crippen molar-refractivity contribution in [3.63, 3.8) is 0 Å². The quantitative estimate of drug-likeness (QED) is 0.256. The lowest BCUT2D eigenvalue weighted by molar-refractivity contribution is -0.121. The van der Waals surface area contributed by atoms with Crippen LogP contribution in [-0.4, -0.2) is 41.0 Å². The summed E-state index contributed by atoms with van der Waals surface area (Å²) in [4.78, 5) is 39.2. The molecule has 1 saturated heterocycles. The van der Waals surface area contributed by atoms with E-state index in [1.807, 2.05) is 30.3 Å². The number of anilines is 1. The Hall–Kier alpha value is -4.66. The molecule has 3 aromatic carbocycles. The highest BCUT2D eigenvalue weighted by Gasteiger charge is 2.33. The molecule has 0 aliphatic carbocycles. The van der Waals surface area contributed by atoms with Gasteiger partial charge in [0, 0.05) is 28.9 Å². The van der Waals surface area contributed by atoms with Crippen LogP contribution in [0.3, 0.4) is 0 Å². The number of carbonyl (C=O) groups excluding carboxylic acids is 3. The van der Waals surface area contributed by atoms with Gasteiger partial charge in [0.15, 0.2) is 0 Å². The molecule has 9 heteroatoms. The summed E-state index contributed by atoms with van der Waals surface area (Å²) in [6.07, 6.45) is 1.30. The molecule has 0 unspecified atom stereocenters. The van der Waals surface area contributed by atoms with Crippen LogP contribution in [0.15, 0.2) is 66.7 Å². The number of benzene rings is 3. The predicted octanol–water partition coefficient (Wildman–Crippen LogP) is 3.13. The number of likely N-dealkylation sites (tertiary alicyclic amines) is 1. The first-order valence-electron chi connectivity index (χ1n) is 12.4. The Morgan fingerprint density at radius 3 is 2.50 bits per heavy atom. The van der Waals surface area contributed by atoms with Gasteiger partial charge in [-0.1, -0.05) is 30.3 Å². The molecule has 3 aromatic rings. The maximum absolute atomic E-state index is 13.0. The first-order chi connectivity index (χ1) is 18.2. The molecule has 4 rings (SSSR count). The topological polar surface area (TPSA) is 152 Å². The van der Waals surface area contributed by atoms with Crippen molar-refractivity contribution in [2.24, 2.45) is 11.5 Å². The zero-order valence-corrected chi connectivity index (χ0v) is 21.2. The van der Waals surface area contributed by atoms with E-state index < -0.39 is 11.9 Å². The van der Waals surface area contributed by atoms with E-state index in [1.54, 1.807) is 43.3 Å². The zero-order chi connectivity index (χ0) is 27.2. The van der Waals surface area contributed by atoms with Crippen LogP contribution in [0.2, 0.25) is 0 Å². The fourth-order valence-corrected chi connectivity index (χ4v) is 4.58. The number of primary amides is 1. The van der Waals surface area contributed by atoms with E-state index in [4.69, 9.17) is 21.6 Å². The van der Waals surface area contributed by atoms with Crippen LogP contribution < -0.4 is 21.5 Å². The number of aryl methyl sites for hydroxylation is 1. The van der Waals surface area contributed by atoms with Gasteiger partial charge in [0.05, 0.1) is 6.42 Å². The van der Waals surface area contributed by atoms with Gasteiger partial charge >= 0.3 is 0 Å². The number of amidine groups is 1. The van der Waals surface area contributed by atoms with Gasteiger partial charge in [-0.15, -0.1) is 0 Å². The number of nitrogens with one attached hydrogen (secondary N) is 2. The number of amides is 3. The van der Waals surface area contributed by atoms with Gasteiger partial charge in [0.1, 0.15) is 24.2 Å². The fraction of sp³-hybridized carbons (Fsp3) is 0.241. The van der Waals surface area contributed by atoms with E-state index in [0.29, 0.717) is 53.3 Å². The second kappa shape index (κ2) is 11.6. The Morgan fingerprint density at radius 1 is 1.05 bits per heavy atom. The Bertz CT molecular complexity index is 1370. The number of carbonyl (C=O) groups is 3. The summed E-state index contributed by atoms with van der Waals surface area (Å²) in [5, 5.41) is 10.6. The van der Waals surface area contributed by atoms with Crippen LogP contribution in [0.1, 0.15) is 45.5 Å². The van der Waals surface area contributed by atoms with Crippen LogP contribution in [-0.2, 0) is 22.6 Å². The molecule has 0 bridgehead atoms. The summed E-state index contributed by atoms with van der Waals surface area (Å²) < 4.78 is 5.98. The minimum atomic E-state index is -0.592. The van der Waals surface area contributed by atoms with Gasteiger partial charge in [-0.25, -0.2) is 0 Å². The van der Waals surface area contributed by atoms with Crippen LogP contribution in [0.5, 0.6) is 5.75 Å². The average molecular weight is 514 g/mol. The summed E-state index contributed by atoms with van der Waals surface area (Å²) in [7, 11) is 0. The van der Waals surface area contributed by atoms with E-state index in [0.717, 1.165) is 12.0 Å². The Morgan fingerprint density at radius 2 is 1.82 bits per heavy atom. The molecule has 0 radical (unpaired) electrons. The molecule has 0 aromatic heterocycles. The third kappa shape index (κ3) is 6.18. The molecule has 196 valence electrons. The van der Waals surface area contributed by atoms with Crippen molar-refractivity contribution in [2.45, 2.75) is 38.8 Å². The van der Waals surface area contributed by atoms with Crippen molar-refractivity contribution < 1.29 is 19.1 Å². The number of hydrogen-bond acceptors (Lipinski definition) is 5. The van der Waals surface area contributed by atoms with Crippen molar-refractivity contribution in [1.29, 1.82) is 5.41 Å². The monoisotopic (exact) mass is 513 g/mol. The Balaban J connectivity index is 1.46. The number of ether oxygens (including phenoxy) is 1. The van der Waals surface area contributed by atoms with E-state index >= 15 is 0 Å². The van der Waals surface area contributed by atoms with Crippen molar-refractivity contribution in [3.05, 3.63) is 94.5 Å². The number of nitrogen functional groups attached to an aromatic ring is 1. The molecule has 1 aliphatic rings. The number of hydrogen-bond donors (Lipinski definition) is 4. The summed E-state index contributed by atoms with van der Waals surface area (Å²) in [6.45, 7) is 2.60. The number of nitrogens with zero attached hydrogens (tertiary/aromatic N) is 1. The van der Waals surface area contributed by atoms with Crippen molar-refractivity contribution in [1.82, 2.24) is 4.90 Å². The first-order valence-corrected chi connectivity index (χ1v) is 12.4. The van der Waals surface area contributed by atoms with Crippen LogP contribution >= 0.6 is 0 Å². The summed E-state index contributed by atoms with van der Waals surface area (Å²) in [6, 6.07) is 19.2. The van der Waals surface area contributed by atoms with E-state index in [9.17, 15) is 14.4 Å². The first kappa shape index (κ1) is 26.4. The van der Waals surface area contributed by atoms with Crippen LogP contribution in [0.25, 0.3) is 0 Å². The highest BCUT2D eigenvalue weighted by atomic mass is 16.5. The predicted molar refractivity (Wildman–Crippen MR) is 145 cm³/mol. The number of nitrogens with two attached hydrogens (primary N) is 2. The lowest BCUT2D eigenvalue weighted by atomic mass is 10.0. The smallest absolute Gasteiger partial charge is 0.254 e. The van der Waals surface area contributed by atoms with E-state index in [2.05, 4.69) is 5.32 Å². The zero-order valence-electron chi connectivity index (χ0n) is 21.2. The SMILES string of the molecule is Cc1cc(NC(=O)Cc2cc(C(=N)N)ccc2OCc2ccccc2)ccc1C(=O)N1CCC[C@H]1C(N)=O. The Kier molecular flexibility index (Phi) is 8.06. The second-order valence-corrected chi connectivity index (χ2v) is 9.32. The minimum absolute atomic E-state index is 0.000950. The van der Waals surface area contributed by atoms with Gasteiger partial charge in [-0.2, -0.15) is 0 Å². The maximum atomic E-state index is 13.0. The second-order valence-electron chi connectivity index (χ2n) is 9.32. The lowest BCUT2D eigenvalue weighted by Gasteiger charge is -2.23. The molecule has 9 nitrogen and oxygen atoms in total. The molecule has 38 heavy (non-hydrogen) atoms. The fourth-order valence-electron chi connectivity index (χ4n) is 4.58. The average Bonchev–Trinajstić information content (AvgIpc) is 3.39. The third-order valence-electron chi connectivity index (χ3n) is 6.54. The van der Waals surface area contributed by atoms with Gasteiger partial charge in [-0.05, 0) is 67.3 Å². The van der Waals surface area contributed by atoms with E-state index in [-0.39, 0.29) is 24.1 Å². The highest BCUT2D eigenvalue weighted by Crippen LogP contribution is 2.25. The normalized spacial score (nSPS) is 14.7. The molecule has 3 amide bonds. The molecule has 1 heterocycles. The van der Waals surface area contributed by atoms with Crippen molar-refractivity contribution in [2.75, 3.05) is 11.9 Å². The van der Waals surface area contributed by atoms with E-state index in [1.165, 1.54) is 4.90 Å². The van der Waals surface area contributed by atoms with Gasteiger partial charge in [0.25, 0.3) is 5.91 Å². The molecule has 0 saturated carbocycles. The minimum Gasteiger partial charge on any atom is -0.489 e. The standard InChI is InChI=1S/C29H31N5O4/c1-18-14-22(10-11-23(18)29(37)34-13-5-8-24(34)28(32)36)33-26(35)16-21-15-20(27(30)31)9-12-25(21)38-17-19-6-3-2-4-7-19/h2-4,6-7,9-12,14-15,24H,5,8,13,16-17H2,1H3,(H3,30,31)(H2,32,36)(H,33,35)/t24-/m0/s1. The molecular weight excluding hydrogens is 482 g/mol. The molecule has 0 spiro atoms. The molecule has 1 aliphatic heterocycles. The van der Waals surface area contributed by atoms with Crippen LogP contribution in [0.4, 0.5) is 5.69 Å². The summed E-state index contributed by atoms with van der Waals surface area (Å²) in [5.74, 6) is -0.613. The number of rotatable bonds is 9. The molecular formula is C29H31N5O4. The van der Waals surface area contributed by atoms with Gasteiger partial charge in [-0.3, -0.25) is 19.8 Å². The van der Waals surface area contributed by atoms with Gasteiger partial charge < -0.3 is 26.4 Å². The largest absolute Gasteiger partial charge is 0.489 e. The molecule has 6 N–H and O–H groups in total. The summed E-state index contributed by atoms with van der Waals surface area (Å²) in [5.41, 5.74) is 14.9. The molecule has 1 atom stereocenters. The lowest BCUT2D eigenvalue weighted by Crippen LogP contribution is -2.43. The van der Waals surface area contributed by atoms with Gasteiger partial charge in [0.2, 0.25) is 11.8 Å². The van der Waals surface area contributed by atoms with Crippen LogP contribution in [0, 0.1) is 12.3 Å². The van der Waals surface area contributed by atoms with Crippen molar-refractivity contribution in [3.8, 4) is 5.75 Å². The summed E-state index contributed by atoms with van der Waals surface area (Å²) >= 11 is 0. The van der Waals surface area contributed by atoms with Crippen molar-refractivity contribution >= 4 is 29.2 Å². The molecule has 1 fully saturated rings. The Labute approximate surface area is 221 Å².